The van der Waals surface area contributed by atoms with Crippen molar-refractivity contribution in [3.8, 4) is 0 Å². The number of nitrogens with zero attached hydrogens (tertiary/aromatic N) is 1. The van der Waals surface area contributed by atoms with Gasteiger partial charge in [-0.1, -0.05) is 11.8 Å². The molecule has 1 aromatic heterocycles. The summed E-state index contributed by atoms with van der Waals surface area (Å²) in [5.74, 6) is 0. The molecule has 0 saturated heterocycles. The average Bonchev–Trinajstić information content (AvgIpc) is 2.46. The van der Waals surface area contributed by atoms with Gasteiger partial charge in [-0.05, 0) is 47.0 Å². The van der Waals surface area contributed by atoms with Crippen LogP contribution in [0.1, 0.15) is 0 Å². The summed E-state index contributed by atoms with van der Waals surface area (Å²) in [6, 6.07) is 6.20. The Labute approximate surface area is 88.3 Å². The van der Waals surface area contributed by atoms with Gasteiger partial charge in [0.25, 0.3) is 0 Å². The fourth-order valence-corrected chi connectivity index (χ4v) is 1.95. The van der Waals surface area contributed by atoms with Crippen LogP contribution >= 0.6 is 34.4 Å². The zero-order valence-corrected chi connectivity index (χ0v) is 9.44. The highest BCUT2D eigenvalue weighted by molar-refractivity contribution is 14.1. The summed E-state index contributed by atoms with van der Waals surface area (Å²) in [4.78, 5) is 7.61. The molecule has 0 bridgehead atoms. The molecule has 0 amide bonds. The number of imidazole rings is 1. The Balaban J connectivity index is 2.67. The molecule has 0 radical (unpaired) electrons. The quantitative estimate of drug-likeness (QED) is 0.646. The highest BCUT2D eigenvalue weighted by Crippen LogP contribution is 2.18. The van der Waals surface area contributed by atoms with Gasteiger partial charge < -0.3 is 4.98 Å². The minimum Gasteiger partial charge on any atom is -0.333 e. The van der Waals surface area contributed by atoms with Gasteiger partial charge in [0.2, 0.25) is 0 Å². The van der Waals surface area contributed by atoms with Crippen LogP contribution in [0.5, 0.6) is 0 Å². The van der Waals surface area contributed by atoms with Gasteiger partial charge in [-0.15, -0.1) is 0 Å². The largest absolute Gasteiger partial charge is 0.333 e. The van der Waals surface area contributed by atoms with Crippen LogP contribution in [0.4, 0.5) is 0 Å². The van der Waals surface area contributed by atoms with Gasteiger partial charge in [0.05, 0.1) is 11.0 Å². The highest BCUT2D eigenvalue weighted by atomic mass is 127. The molecule has 2 aromatic rings. The summed E-state index contributed by atoms with van der Waals surface area (Å²) in [6.45, 7) is 0. The Bertz CT molecular complexity index is 410. The molecule has 4 heteroatoms. The maximum absolute atomic E-state index is 4.38. The Morgan fingerprint density at radius 2 is 2.33 bits per heavy atom. The van der Waals surface area contributed by atoms with Crippen molar-refractivity contribution in [3.05, 3.63) is 21.8 Å². The van der Waals surface area contributed by atoms with E-state index < -0.39 is 0 Å². The first-order valence-corrected chi connectivity index (χ1v) is 5.79. The van der Waals surface area contributed by atoms with Crippen molar-refractivity contribution in [1.82, 2.24) is 9.97 Å². The van der Waals surface area contributed by atoms with Gasteiger partial charge in [0.1, 0.15) is 0 Å². The van der Waals surface area contributed by atoms with E-state index in [0.29, 0.717) is 0 Å². The van der Waals surface area contributed by atoms with E-state index in [1.807, 2.05) is 12.3 Å². The number of benzene rings is 1. The van der Waals surface area contributed by atoms with Gasteiger partial charge in [-0.2, -0.15) is 0 Å². The standard InChI is InChI=1S/C8H7IN2S/c1-12-8-10-6-3-2-5(9)4-7(6)11-8/h2-4H,1H3,(H,10,11). The van der Waals surface area contributed by atoms with Crippen LogP contribution in [0, 0.1) is 3.57 Å². The van der Waals surface area contributed by atoms with E-state index in [4.69, 9.17) is 0 Å². The zero-order valence-electron chi connectivity index (χ0n) is 6.47. The second kappa shape index (κ2) is 3.26. The van der Waals surface area contributed by atoms with Crippen molar-refractivity contribution >= 4 is 45.4 Å². The molecular formula is C8H7IN2S. The van der Waals surface area contributed by atoms with Crippen molar-refractivity contribution in [3.63, 3.8) is 0 Å². The fourth-order valence-electron chi connectivity index (χ4n) is 1.06. The lowest BCUT2D eigenvalue weighted by Gasteiger charge is -1.87. The molecule has 0 fully saturated rings. The monoisotopic (exact) mass is 290 g/mol. The molecule has 0 aliphatic rings. The van der Waals surface area contributed by atoms with Crippen LogP contribution in [0.2, 0.25) is 0 Å². The average molecular weight is 290 g/mol. The van der Waals surface area contributed by atoms with Crippen LogP contribution < -0.4 is 0 Å². The summed E-state index contributed by atoms with van der Waals surface area (Å²) in [5.41, 5.74) is 2.16. The first-order chi connectivity index (χ1) is 5.79. The molecule has 0 aliphatic heterocycles. The molecule has 0 aliphatic carbocycles. The number of aromatic nitrogens is 2. The third-order valence-corrected chi connectivity index (χ3v) is 2.87. The van der Waals surface area contributed by atoms with Gasteiger partial charge in [-0.25, -0.2) is 4.98 Å². The van der Waals surface area contributed by atoms with Crippen LogP contribution in [0.15, 0.2) is 23.4 Å². The van der Waals surface area contributed by atoms with E-state index in [1.54, 1.807) is 11.8 Å². The minimum atomic E-state index is 0.979. The highest BCUT2D eigenvalue weighted by Gasteiger charge is 2.00. The predicted molar refractivity (Wildman–Crippen MR) is 60.6 cm³/mol. The topological polar surface area (TPSA) is 28.7 Å². The molecule has 0 saturated carbocycles. The van der Waals surface area contributed by atoms with Crippen molar-refractivity contribution in [2.24, 2.45) is 0 Å². The number of aromatic amines is 1. The molecular weight excluding hydrogens is 283 g/mol. The maximum Gasteiger partial charge on any atom is 0.166 e. The number of rotatable bonds is 1. The Morgan fingerprint density at radius 1 is 1.50 bits per heavy atom. The molecule has 2 rings (SSSR count). The number of thioether (sulfide) groups is 1. The molecule has 0 spiro atoms. The summed E-state index contributed by atoms with van der Waals surface area (Å²) in [7, 11) is 0. The van der Waals surface area contributed by atoms with Crippen molar-refractivity contribution < 1.29 is 0 Å². The second-order valence-electron chi connectivity index (χ2n) is 2.41. The molecule has 1 N–H and O–H groups in total. The third kappa shape index (κ3) is 1.45. The molecule has 2 nitrogen and oxygen atoms in total. The minimum absolute atomic E-state index is 0.979. The Morgan fingerprint density at radius 3 is 3.08 bits per heavy atom. The number of H-pyrrole nitrogens is 1. The SMILES string of the molecule is CSc1nc2ccc(I)cc2[nH]1. The van der Waals surface area contributed by atoms with Gasteiger partial charge >= 0.3 is 0 Å². The number of halogens is 1. The second-order valence-corrected chi connectivity index (χ2v) is 4.45. The summed E-state index contributed by atoms with van der Waals surface area (Å²) < 4.78 is 1.23. The molecule has 0 unspecified atom stereocenters. The van der Waals surface area contributed by atoms with Gasteiger partial charge in [0, 0.05) is 3.57 Å². The number of fused-ring (bicyclic) bond motifs is 1. The third-order valence-electron chi connectivity index (χ3n) is 1.62. The van der Waals surface area contributed by atoms with Crippen LogP contribution in [-0.4, -0.2) is 16.2 Å². The summed E-state index contributed by atoms with van der Waals surface area (Å²) >= 11 is 3.93. The van der Waals surface area contributed by atoms with Crippen LogP contribution in [-0.2, 0) is 0 Å². The molecule has 1 heterocycles. The van der Waals surface area contributed by atoms with E-state index in [9.17, 15) is 0 Å². The molecule has 0 atom stereocenters. The van der Waals surface area contributed by atoms with Gasteiger partial charge in [-0.3, -0.25) is 0 Å². The van der Waals surface area contributed by atoms with Crippen molar-refractivity contribution in [2.75, 3.05) is 6.26 Å². The molecule has 62 valence electrons. The molecule has 12 heavy (non-hydrogen) atoms. The van der Waals surface area contributed by atoms with Gasteiger partial charge in [0.15, 0.2) is 5.16 Å². The maximum atomic E-state index is 4.38. The van der Waals surface area contributed by atoms with E-state index >= 15 is 0 Å². The van der Waals surface area contributed by atoms with Crippen molar-refractivity contribution in [1.29, 1.82) is 0 Å². The van der Waals surface area contributed by atoms with Crippen LogP contribution in [0.3, 0.4) is 0 Å². The molecule has 1 aromatic carbocycles. The lowest BCUT2D eigenvalue weighted by molar-refractivity contribution is 1.09. The normalized spacial score (nSPS) is 10.8. The number of hydrogen-bond acceptors (Lipinski definition) is 2. The smallest absolute Gasteiger partial charge is 0.166 e. The van der Waals surface area contributed by atoms with E-state index in [2.05, 4.69) is 44.7 Å². The fraction of sp³-hybridized carbons (Fsp3) is 0.125. The summed E-state index contributed by atoms with van der Waals surface area (Å²) in [6.07, 6.45) is 2.02. The number of hydrogen-bond donors (Lipinski definition) is 1. The lowest BCUT2D eigenvalue weighted by Crippen LogP contribution is -1.70. The zero-order chi connectivity index (χ0) is 8.55. The Kier molecular flexibility index (Phi) is 2.27. The van der Waals surface area contributed by atoms with Crippen LogP contribution in [0.25, 0.3) is 11.0 Å². The van der Waals surface area contributed by atoms with E-state index in [-0.39, 0.29) is 0 Å². The number of nitrogens with one attached hydrogen (secondary N) is 1. The van der Waals surface area contributed by atoms with E-state index in [0.717, 1.165) is 16.2 Å². The first-order valence-electron chi connectivity index (χ1n) is 3.49. The van der Waals surface area contributed by atoms with Crippen molar-refractivity contribution in [2.45, 2.75) is 5.16 Å². The lowest BCUT2D eigenvalue weighted by atomic mass is 10.3. The predicted octanol–water partition coefficient (Wildman–Crippen LogP) is 2.89. The van der Waals surface area contributed by atoms with E-state index in [1.165, 1.54) is 3.57 Å². The first kappa shape index (κ1) is 8.37. The summed E-state index contributed by atoms with van der Waals surface area (Å²) in [5, 5.41) is 0.979. The Hall–Kier alpha value is -0.230.